The number of hydrogen-bond donors (Lipinski definition) is 0. The van der Waals surface area contributed by atoms with Crippen LogP contribution in [0.25, 0.3) is 0 Å². The molecule has 0 aromatic carbocycles. The highest BCUT2D eigenvalue weighted by molar-refractivity contribution is 7.98. The van der Waals surface area contributed by atoms with E-state index in [0.29, 0.717) is 12.2 Å². The number of carbonyl (C=O) groups excluding carboxylic acids is 3. The molecule has 7 heteroatoms. The Morgan fingerprint density at radius 3 is 2.47 bits per heavy atom. The molecule has 98 valence electrons. The van der Waals surface area contributed by atoms with E-state index in [0.717, 1.165) is 0 Å². The van der Waals surface area contributed by atoms with Crippen molar-refractivity contribution < 1.29 is 19.1 Å². The Balaban J connectivity index is -0.000000980. The minimum atomic E-state index is -0.864. The van der Waals surface area contributed by atoms with E-state index in [1.807, 2.05) is 6.26 Å². The van der Waals surface area contributed by atoms with Crippen molar-refractivity contribution in [2.75, 3.05) is 18.7 Å². The number of isocyanates is 2. The topological polar surface area (TPSA) is 85.2 Å². The summed E-state index contributed by atoms with van der Waals surface area (Å²) >= 11 is 1.52. The summed E-state index contributed by atoms with van der Waals surface area (Å²) in [6, 6.07) is -0.864. The second kappa shape index (κ2) is 14.6. The molecule has 0 aromatic heterocycles. The van der Waals surface area contributed by atoms with Gasteiger partial charge in [0.05, 0.1) is 0 Å². The van der Waals surface area contributed by atoms with Gasteiger partial charge >= 0.3 is 5.97 Å². The normalized spacial score (nSPS) is 9.47. The molecule has 0 aliphatic carbocycles. The Bertz CT molecular complexity index is 297. The van der Waals surface area contributed by atoms with Gasteiger partial charge in [-0.3, -0.25) is 0 Å². The molecular weight excluding hydrogens is 244 g/mol. The van der Waals surface area contributed by atoms with E-state index in [4.69, 9.17) is 0 Å². The standard InChI is InChI=1S/C8H10N2O4S.2CH4/c1-15-3-2-7(10-5-12)8(13)14-6-9-4-11;;/h7H,2-3,6H2,1H3;2*1H4. The molecular formula is C10H18N2O4S. The maximum atomic E-state index is 11.2. The predicted octanol–water partition coefficient (Wildman–Crippen LogP) is 1.55. The van der Waals surface area contributed by atoms with Gasteiger partial charge in [0.2, 0.25) is 12.2 Å². The number of ether oxygens (including phenoxy) is 1. The molecule has 0 saturated carbocycles. The largest absolute Gasteiger partial charge is 0.440 e. The van der Waals surface area contributed by atoms with Gasteiger partial charge in [-0.25, -0.2) is 14.4 Å². The van der Waals surface area contributed by atoms with Crippen LogP contribution in [-0.4, -0.2) is 42.9 Å². The fraction of sp³-hybridized carbons (Fsp3) is 0.700. The first kappa shape index (κ1) is 20.9. The molecule has 0 aromatic rings. The van der Waals surface area contributed by atoms with Crippen LogP contribution < -0.4 is 0 Å². The third-order valence-electron chi connectivity index (χ3n) is 1.41. The van der Waals surface area contributed by atoms with E-state index in [9.17, 15) is 14.4 Å². The van der Waals surface area contributed by atoms with Crippen LogP contribution in [0, 0.1) is 0 Å². The Labute approximate surface area is 106 Å². The molecule has 0 saturated heterocycles. The van der Waals surface area contributed by atoms with E-state index in [1.54, 1.807) is 0 Å². The second-order valence-corrected chi connectivity index (χ2v) is 3.35. The zero-order valence-corrected chi connectivity index (χ0v) is 8.95. The van der Waals surface area contributed by atoms with Crippen molar-refractivity contribution in [1.82, 2.24) is 0 Å². The van der Waals surface area contributed by atoms with Gasteiger partial charge < -0.3 is 4.74 Å². The zero-order chi connectivity index (χ0) is 11.5. The van der Waals surface area contributed by atoms with Crippen LogP contribution in [0.3, 0.4) is 0 Å². The van der Waals surface area contributed by atoms with E-state index in [2.05, 4.69) is 14.7 Å². The lowest BCUT2D eigenvalue weighted by molar-refractivity contribution is -0.144. The molecule has 0 amide bonds. The van der Waals surface area contributed by atoms with Crippen molar-refractivity contribution in [2.24, 2.45) is 9.98 Å². The highest BCUT2D eigenvalue weighted by Gasteiger charge is 2.18. The fourth-order valence-electron chi connectivity index (χ4n) is 0.747. The molecule has 0 radical (unpaired) electrons. The van der Waals surface area contributed by atoms with E-state index in [-0.39, 0.29) is 14.9 Å². The van der Waals surface area contributed by atoms with Gasteiger partial charge in [-0.15, -0.1) is 0 Å². The first-order valence-electron chi connectivity index (χ1n) is 4.02. The molecule has 0 aliphatic rings. The van der Waals surface area contributed by atoms with Crippen molar-refractivity contribution >= 4 is 29.9 Å². The average Bonchev–Trinajstić information content (AvgIpc) is 2.24. The van der Waals surface area contributed by atoms with E-state index in [1.165, 1.54) is 23.9 Å². The van der Waals surface area contributed by atoms with Crippen LogP contribution in [-0.2, 0) is 19.1 Å². The monoisotopic (exact) mass is 262 g/mol. The number of thioether (sulfide) groups is 1. The summed E-state index contributed by atoms with van der Waals surface area (Å²) in [6.07, 6.45) is 4.78. The quantitative estimate of drug-likeness (QED) is 0.395. The first-order valence-corrected chi connectivity index (χ1v) is 5.41. The molecule has 0 bridgehead atoms. The number of aliphatic imine (C=N–C) groups is 2. The summed E-state index contributed by atoms with van der Waals surface area (Å²) in [5.74, 6) is -0.0200. The third kappa shape index (κ3) is 10.9. The highest BCUT2D eigenvalue weighted by atomic mass is 32.2. The Morgan fingerprint density at radius 1 is 1.35 bits per heavy atom. The molecule has 0 heterocycles. The molecule has 17 heavy (non-hydrogen) atoms. The number of nitrogens with zero attached hydrogens (tertiary/aromatic N) is 2. The summed E-state index contributed by atoms with van der Waals surface area (Å²) in [4.78, 5) is 37.3. The molecule has 6 nitrogen and oxygen atoms in total. The minimum absolute atomic E-state index is 0. The number of hydrogen-bond acceptors (Lipinski definition) is 7. The number of rotatable bonds is 7. The van der Waals surface area contributed by atoms with Crippen LogP contribution in [0.15, 0.2) is 9.98 Å². The van der Waals surface area contributed by atoms with Crippen LogP contribution in [0.2, 0.25) is 0 Å². The number of carbonyl (C=O) groups is 1. The smallest absolute Gasteiger partial charge is 0.333 e. The number of esters is 1. The summed E-state index contributed by atoms with van der Waals surface area (Å²) in [7, 11) is 0. The lowest BCUT2D eigenvalue weighted by atomic mass is 10.2. The molecule has 0 spiro atoms. The van der Waals surface area contributed by atoms with Gasteiger partial charge in [-0.2, -0.15) is 21.7 Å². The maximum absolute atomic E-state index is 11.2. The molecule has 0 aliphatic heterocycles. The summed E-state index contributed by atoms with van der Waals surface area (Å²) < 4.78 is 4.54. The van der Waals surface area contributed by atoms with Crippen molar-refractivity contribution in [3.8, 4) is 0 Å². The van der Waals surface area contributed by atoms with Crippen LogP contribution in [0.4, 0.5) is 0 Å². The van der Waals surface area contributed by atoms with Crippen LogP contribution >= 0.6 is 11.8 Å². The van der Waals surface area contributed by atoms with Gasteiger partial charge in [0.15, 0.2) is 12.8 Å². The van der Waals surface area contributed by atoms with Crippen molar-refractivity contribution in [1.29, 1.82) is 0 Å². The third-order valence-corrected chi connectivity index (χ3v) is 2.06. The lowest BCUT2D eigenvalue weighted by Crippen LogP contribution is -2.22. The van der Waals surface area contributed by atoms with Crippen molar-refractivity contribution in [3.05, 3.63) is 0 Å². The van der Waals surface area contributed by atoms with Gasteiger partial charge in [0.1, 0.15) is 0 Å². The molecule has 1 atom stereocenters. The average molecular weight is 262 g/mol. The Kier molecular flexibility index (Phi) is 17.9. The Morgan fingerprint density at radius 2 is 2.00 bits per heavy atom. The summed E-state index contributed by atoms with van der Waals surface area (Å²) in [6.45, 7) is -0.396. The highest BCUT2D eigenvalue weighted by Crippen LogP contribution is 2.05. The van der Waals surface area contributed by atoms with E-state index >= 15 is 0 Å². The minimum Gasteiger partial charge on any atom is -0.440 e. The van der Waals surface area contributed by atoms with Gasteiger partial charge in [0, 0.05) is 0 Å². The van der Waals surface area contributed by atoms with Gasteiger partial charge in [-0.05, 0) is 18.4 Å². The van der Waals surface area contributed by atoms with Crippen LogP contribution in [0.5, 0.6) is 0 Å². The van der Waals surface area contributed by atoms with Gasteiger partial charge in [0.25, 0.3) is 0 Å². The zero-order valence-electron chi connectivity index (χ0n) is 8.13. The van der Waals surface area contributed by atoms with Gasteiger partial charge in [-0.1, -0.05) is 14.9 Å². The van der Waals surface area contributed by atoms with Crippen molar-refractivity contribution in [3.63, 3.8) is 0 Å². The molecule has 0 N–H and O–H groups in total. The summed E-state index contributed by atoms with van der Waals surface area (Å²) in [5, 5.41) is 0. The Hall–Kier alpha value is -1.42. The fourth-order valence-corrected chi connectivity index (χ4v) is 1.21. The molecule has 0 rings (SSSR count). The SMILES string of the molecule is C.C.CSCCC(N=C=O)C(=O)OCN=C=O. The first-order chi connectivity index (χ1) is 7.26. The van der Waals surface area contributed by atoms with Crippen LogP contribution in [0.1, 0.15) is 21.3 Å². The maximum Gasteiger partial charge on any atom is 0.333 e. The molecule has 1 unspecified atom stereocenters. The van der Waals surface area contributed by atoms with E-state index < -0.39 is 18.7 Å². The van der Waals surface area contributed by atoms with Crippen molar-refractivity contribution in [2.45, 2.75) is 27.3 Å². The predicted molar refractivity (Wildman–Crippen MR) is 67.5 cm³/mol. The lowest BCUT2D eigenvalue weighted by Gasteiger charge is -2.07. The molecule has 0 fully saturated rings. The summed E-state index contributed by atoms with van der Waals surface area (Å²) in [5.41, 5.74) is 0. The second-order valence-electron chi connectivity index (χ2n) is 2.36.